The Morgan fingerprint density at radius 2 is 2.09 bits per heavy atom. The molecule has 2 N–H and O–H groups in total. The Balaban J connectivity index is 1.44. The summed E-state index contributed by atoms with van der Waals surface area (Å²) in [5.41, 5.74) is 7.50. The number of amides is 2. The van der Waals surface area contributed by atoms with Gasteiger partial charge in [-0.3, -0.25) is 14.6 Å². The van der Waals surface area contributed by atoms with Crippen molar-refractivity contribution in [1.82, 2.24) is 24.8 Å². The Morgan fingerprint density at radius 3 is 2.88 bits per heavy atom. The number of nitrogens with zero attached hydrogens (tertiary/aromatic N) is 5. The van der Waals surface area contributed by atoms with Gasteiger partial charge in [-0.15, -0.1) is 0 Å². The number of fused-ring (bicyclic) bond motifs is 1. The van der Waals surface area contributed by atoms with Gasteiger partial charge in [0.1, 0.15) is 23.9 Å². The predicted octanol–water partition coefficient (Wildman–Crippen LogP) is 1.53. The molecule has 0 spiro atoms. The minimum Gasteiger partial charge on any atom is -0.482 e. The first-order valence-electron chi connectivity index (χ1n) is 10.3. The van der Waals surface area contributed by atoms with Gasteiger partial charge >= 0.3 is 0 Å². The molecule has 33 heavy (non-hydrogen) atoms. The fourth-order valence-corrected chi connectivity index (χ4v) is 3.92. The molecule has 2 aromatic heterocycles. The fourth-order valence-electron chi connectivity index (χ4n) is 3.75. The topological polar surface area (TPSA) is 124 Å². The third-order valence-corrected chi connectivity index (χ3v) is 5.58. The molecule has 1 aliphatic rings. The summed E-state index contributed by atoms with van der Waals surface area (Å²) in [4.78, 5) is 41.4. The van der Waals surface area contributed by atoms with Gasteiger partial charge in [0, 0.05) is 44.4 Å². The first-order chi connectivity index (χ1) is 16.0. The zero-order chi connectivity index (χ0) is 23.4. The number of halogens is 1. The van der Waals surface area contributed by atoms with Gasteiger partial charge in [0.05, 0.1) is 23.3 Å². The third kappa shape index (κ3) is 5.12. The average molecular weight is 471 g/mol. The minimum atomic E-state index is -0.740. The van der Waals surface area contributed by atoms with Gasteiger partial charge in [-0.25, -0.2) is 9.97 Å². The highest BCUT2D eigenvalue weighted by molar-refractivity contribution is 6.30. The standard InChI is InChI=1S/C22H23ClN6O4/c1-32-11-19-22(31)28(10-14-2-3-17-18(6-14)26-13-27-21(17)24)4-5-29(19)20(30)12-33-16-7-15(23)8-25-9-16/h2-3,6-9,13,19H,4-5,10-12H2,1H3,(H2,24,26,27)/t19-/m0/s1. The van der Waals surface area contributed by atoms with E-state index >= 15 is 0 Å². The van der Waals surface area contributed by atoms with E-state index in [9.17, 15) is 9.59 Å². The number of rotatable bonds is 7. The molecule has 0 aliphatic carbocycles. The number of benzene rings is 1. The van der Waals surface area contributed by atoms with Crippen molar-refractivity contribution in [2.45, 2.75) is 12.6 Å². The highest BCUT2D eigenvalue weighted by Crippen LogP contribution is 2.21. The Hall–Kier alpha value is -3.50. The van der Waals surface area contributed by atoms with Gasteiger partial charge in [-0.2, -0.15) is 0 Å². The molecule has 3 heterocycles. The summed E-state index contributed by atoms with van der Waals surface area (Å²) in [5.74, 6) is 0.279. The number of nitrogens with two attached hydrogens (primary N) is 1. The number of hydrogen-bond acceptors (Lipinski definition) is 8. The van der Waals surface area contributed by atoms with E-state index in [0.717, 1.165) is 10.9 Å². The minimum absolute atomic E-state index is 0.0846. The van der Waals surface area contributed by atoms with Crippen LogP contribution in [0.2, 0.25) is 5.02 Å². The Kier molecular flexibility index (Phi) is 6.85. The lowest BCUT2D eigenvalue weighted by Crippen LogP contribution is -2.60. The number of hydrogen-bond donors (Lipinski definition) is 1. The highest BCUT2D eigenvalue weighted by atomic mass is 35.5. The van der Waals surface area contributed by atoms with Crippen LogP contribution in [-0.2, 0) is 20.9 Å². The van der Waals surface area contributed by atoms with Crippen molar-refractivity contribution >= 4 is 40.1 Å². The second-order valence-corrected chi connectivity index (χ2v) is 7.99. The zero-order valence-electron chi connectivity index (χ0n) is 18.0. The molecule has 0 bridgehead atoms. The SMILES string of the molecule is COC[C@H]1C(=O)N(Cc2ccc3c(N)ncnc3c2)CCN1C(=O)COc1cncc(Cl)c1. The molecule has 2 amide bonds. The summed E-state index contributed by atoms with van der Waals surface area (Å²) < 4.78 is 10.7. The van der Waals surface area contributed by atoms with Crippen molar-refractivity contribution < 1.29 is 19.1 Å². The van der Waals surface area contributed by atoms with E-state index in [1.165, 1.54) is 30.7 Å². The molecule has 3 aromatic rings. The maximum atomic E-state index is 13.2. The number of nitrogen functional groups attached to an aromatic ring is 1. The van der Waals surface area contributed by atoms with Crippen LogP contribution in [-0.4, -0.2) is 76.0 Å². The van der Waals surface area contributed by atoms with Crippen LogP contribution >= 0.6 is 11.6 Å². The van der Waals surface area contributed by atoms with E-state index in [4.69, 9.17) is 26.8 Å². The molecular formula is C22H23ClN6O4. The number of pyridine rings is 1. The van der Waals surface area contributed by atoms with E-state index in [1.807, 2.05) is 18.2 Å². The van der Waals surface area contributed by atoms with E-state index in [0.29, 0.717) is 41.7 Å². The lowest BCUT2D eigenvalue weighted by molar-refractivity contribution is -0.155. The molecule has 0 saturated carbocycles. The molecule has 4 rings (SSSR count). The van der Waals surface area contributed by atoms with Crippen molar-refractivity contribution in [3.05, 3.63) is 53.6 Å². The van der Waals surface area contributed by atoms with Crippen LogP contribution in [0.25, 0.3) is 10.9 Å². The summed E-state index contributed by atoms with van der Waals surface area (Å²) in [6.45, 7) is 0.972. The van der Waals surface area contributed by atoms with E-state index in [2.05, 4.69) is 15.0 Å². The van der Waals surface area contributed by atoms with Crippen molar-refractivity contribution in [3.63, 3.8) is 0 Å². The summed E-state index contributed by atoms with van der Waals surface area (Å²) in [7, 11) is 1.50. The van der Waals surface area contributed by atoms with Crippen molar-refractivity contribution in [2.24, 2.45) is 0 Å². The smallest absolute Gasteiger partial charge is 0.261 e. The fraction of sp³-hybridized carbons (Fsp3) is 0.318. The maximum absolute atomic E-state index is 13.2. The monoisotopic (exact) mass is 470 g/mol. The summed E-state index contributed by atoms with van der Waals surface area (Å²) >= 11 is 5.90. The Bertz CT molecular complexity index is 1180. The molecule has 172 valence electrons. The lowest BCUT2D eigenvalue weighted by Gasteiger charge is -2.40. The summed E-state index contributed by atoms with van der Waals surface area (Å²) in [6.07, 6.45) is 4.35. The van der Waals surface area contributed by atoms with Gasteiger partial charge in [-0.1, -0.05) is 17.7 Å². The van der Waals surface area contributed by atoms with Gasteiger partial charge in [0.15, 0.2) is 6.61 Å². The molecule has 0 radical (unpaired) electrons. The van der Waals surface area contributed by atoms with Gasteiger partial charge in [-0.05, 0) is 17.7 Å². The van der Waals surface area contributed by atoms with Crippen LogP contribution in [0.15, 0.2) is 43.0 Å². The lowest BCUT2D eigenvalue weighted by atomic mass is 10.1. The molecular weight excluding hydrogens is 448 g/mol. The number of ether oxygens (including phenoxy) is 2. The predicted molar refractivity (Wildman–Crippen MR) is 121 cm³/mol. The zero-order valence-corrected chi connectivity index (χ0v) is 18.7. The average Bonchev–Trinajstić information content (AvgIpc) is 2.80. The second kappa shape index (κ2) is 9.97. The Labute approximate surface area is 195 Å². The normalized spacial score (nSPS) is 16.3. The van der Waals surface area contributed by atoms with Gasteiger partial charge in [0.2, 0.25) is 5.91 Å². The van der Waals surface area contributed by atoms with Crippen LogP contribution in [0.4, 0.5) is 5.82 Å². The molecule has 1 atom stereocenters. The van der Waals surface area contributed by atoms with Gasteiger partial charge < -0.3 is 25.0 Å². The number of carbonyl (C=O) groups excluding carboxylic acids is 2. The van der Waals surface area contributed by atoms with Crippen LogP contribution in [0.5, 0.6) is 5.75 Å². The van der Waals surface area contributed by atoms with Crippen molar-refractivity contribution in [3.8, 4) is 5.75 Å². The summed E-state index contributed by atoms with van der Waals surface area (Å²) in [6, 6.07) is 6.45. The Morgan fingerprint density at radius 1 is 1.24 bits per heavy atom. The molecule has 11 heteroatoms. The number of methoxy groups -OCH3 is 1. The first-order valence-corrected chi connectivity index (χ1v) is 10.6. The highest BCUT2D eigenvalue weighted by Gasteiger charge is 2.37. The third-order valence-electron chi connectivity index (χ3n) is 5.38. The molecule has 1 aliphatic heterocycles. The molecule has 1 fully saturated rings. The molecule has 1 saturated heterocycles. The quantitative estimate of drug-likeness (QED) is 0.551. The van der Waals surface area contributed by atoms with E-state index in [1.54, 1.807) is 11.0 Å². The first kappa shape index (κ1) is 22.7. The number of carbonyl (C=O) groups is 2. The largest absolute Gasteiger partial charge is 0.482 e. The van der Waals surface area contributed by atoms with Crippen molar-refractivity contribution in [2.75, 3.05) is 39.1 Å². The summed E-state index contributed by atoms with van der Waals surface area (Å²) in [5, 5.41) is 1.17. The second-order valence-electron chi connectivity index (χ2n) is 7.56. The van der Waals surface area contributed by atoms with Crippen LogP contribution in [0, 0.1) is 0 Å². The van der Waals surface area contributed by atoms with Crippen LogP contribution in [0.3, 0.4) is 0 Å². The van der Waals surface area contributed by atoms with Gasteiger partial charge in [0.25, 0.3) is 5.91 Å². The number of anilines is 1. The van der Waals surface area contributed by atoms with Crippen LogP contribution in [0.1, 0.15) is 5.56 Å². The number of piperazine rings is 1. The van der Waals surface area contributed by atoms with E-state index in [-0.39, 0.29) is 25.0 Å². The maximum Gasteiger partial charge on any atom is 0.261 e. The van der Waals surface area contributed by atoms with E-state index < -0.39 is 6.04 Å². The molecule has 10 nitrogen and oxygen atoms in total. The number of aromatic nitrogens is 3. The molecule has 1 aromatic carbocycles. The molecule has 0 unspecified atom stereocenters. The van der Waals surface area contributed by atoms with Crippen molar-refractivity contribution in [1.29, 1.82) is 0 Å². The van der Waals surface area contributed by atoms with Crippen LogP contribution < -0.4 is 10.5 Å².